The molecule has 6 nitrogen and oxygen atoms in total. The number of allylic oxidation sites excluding steroid dienone is 1. The Balaban J connectivity index is 3.24. The van der Waals surface area contributed by atoms with Crippen LogP contribution in [0.25, 0.3) is 0 Å². The molecule has 5 N–H and O–H groups in total. The second-order valence-corrected chi connectivity index (χ2v) is 5.00. The number of carboxylic acid groups (broad SMARTS) is 2. The molecule has 1 aliphatic rings. The average molecular weight is 294 g/mol. The summed E-state index contributed by atoms with van der Waals surface area (Å²) in [7, 11) is 0. The minimum atomic E-state index is -1.18. The fourth-order valence-electron chi connectivity index (χ4n) is 2.57. The molecular formula is C15H22N2O4. The number of aliphatic carboxylic acids is 2. The number of hydrogen-bond acceptors (Lipinski definition) is 4. The van der Waals surface area contributed by atoms with Crippen LogP contribution in [0.4, 0.5) is 0 Å². The summed E-state index contributed by atoms with van der Waals surface area (Å²) in [4.78, 5) is 23.0. The second-order valence-electron chi connectivity index (χ2n) is 5.00. The molecule has 1 aliphatic heterocycles. The van der Waals surface area contributed by atoms with Crippen LogP contribution in [0.2, 0.25) is 0 Å². The van der Waals surface area contributed by atoms with Crippen LogP contribution in [-0.2, 0) is 9.59 Å². The van der Waals surface area contributed by atoms with Gasteiger partial charge < -0.3 is 21.3 Å². The molecule has 1 unspecified atom stereocenters. The minimum Gasteiger partial charge on any atom is -0.478 e. The van der Waals surface area contributed by atoms with Crippen molar-refractivity contribution in [2.75, 3.05) is 0 Å². The van der Waals surface area contributed by atoms with E-state index in [1.807, 2.05) is 6.92 Å². The Labute approximate surface area is 124 Å². The SMILES string of the molecule is C=CCC1=C(C(=O)O)C(CCCCC)C(C(=O)O)=C(N)N1. The van der Waals surface area contributed by atoms with Crippen molar-refractivity contribution < 1.29 is 19.8 Å². The minimum absolute atomic E-state index is 0.0193. The van der Waals surface area contributed by atoms with Gasteiger partial charge in [-0.15, -0.1) is 6.58 Å². The van der Waals surface area contributed by atoms with E-state index in [4.69, 9.17) is 5.73 Å². The van der Waals surface area contributed by atoms with Crippen molar-refractivity contribution >= 4 is 11.9 Å². The van der Waals surface area contributed by atoms with Gasteiger partial charge in [-0.05, 0) is 6.42 Å². The van der Waals surface area contributed by atoms with Crippen molar-refractivity contribution in [3.05, 3.63) is 35.3 Å². The average Bonchev–Trinajstić information content (AvgIpc) is 2.38. The molecule has 0 amide bonds. The summed E-state index contributed by atoms with van der Waals surface area (Å²) in [6, 6.07) is 0. The largest absolute Gasteiger partial charge is 0.478 e. The molecule has 0 fully saturated rings. The van der Waals surface area contributed by atoms with Gasteiger partial charge in [0.15, 0.2) is 0 Å². The predicted octanol–water partition coefficient (Wildman–Crippen LogP) is 1.96. The van der Waals surface area contributed by atoms with Gasteiger partial charge in [0.1, 0.15) is 5.82 Å². The summed E-state index contributed by atoms with van der Waals surface area (Å²) >= 11 is 0. The number of nitrogens with two attached hydrogens (primary N) is 1. The number of carbonyl (C=O) groups is 2. The maximum Gasteiger partial charge on any atom is 0.335 e. The van der Waals surface area contributed by atoms with Gasteiger partial charge in [0.25, 0.3) is 0 Å². The standard InChI is InChI=1S/C15H22N2O4/c1-3-5-6-8-9-11(14(18)19)10(7-4-2)17-13(16)12(9)15(20)21/h4,9,17H,2-3,5-8,16H2,1H3,(H,18,19)(H,20,21). The fourth-order valence-corrected chi connectivity index (χ4v) is 2.57. The molecule has 0 aromatic heterocycles. The van der Waals surface area contributed by atoms with Crippen molar-refractivity contribution in [3.63, 3.8) is 0 Å². The summed E-state index contributed by atoms with van der Waals surface area (Å²) < 4.78 is 0. The van der Waals surface area contributed by atoms with Crippen LogP contribution in [0, 0.1) is 5.92 Å². The summed E-state index contributed by atoms with van der Waals surface area (Å²) in [5.41, 5.74) is 6.22. The van der Waals surface area contributed by atoms with E-state index >= 15 is 0 Å². The van der Waals surface area contributed by atoms with Crippen LogP contribution in [0.3, 0.4) is 0 Å². The van der Waals surface area contributed by atoms with Crippen molar-refractivity contribution in [1.29, 1.82) is 0 Å². The van der Waals surface area contributed by atoms with E-state index in [-0.39, 0.29) is 17.0 Å². The topological polar surface area (TPSA) is 113 Å². The zero-order valence-corrected chi connectivity index (χ0v) is 12.2. The zero-order chi connectivity index (χ0) is 16.0. The lowest BCUT2D eigenvalue weighted by atomic mass is 9.82. The lowest BCUT2D eigenvalue weighted by Crippen LogP contribution is -2.36. The first-order valence-corrected chi connectivity index (χ1v) is 7.01. The monoisotopic (exact) mass is 294 g/mol. The first kappa shape index (κ1) is 16.8. The number of dihydropyridines is 1. The lowest BCUT2D eigenvalue weighted by Gasteiger charge is -2.29. The molecule has 6 heteroatoms. The summed E-state index contributed by atoms with van der Waals surface area (Å²) in [6.07, 6.45) is 4.97. The highest BCUT2D eigenvalue weighted by Gasteiger charge is 2.36. The third-order valence-electron chi connectivity index (χ3n) is 3.50. The number of carboxylic acids is 2. The quantitative estimate of drug-likeness (QED) is 0.402. The lowest BCUT2D eigenvalue weighted by molar-refractivity contribution is -0.134. The van der Waals surface area contributed by atoms with Crippen molar-refractivity contribution in [2.45, 2.75) is 39.0 Å². The number of hydrogen-bond donors (Lipinski definition) is 4. The Morgan fingerprint density at radius 1 is 1.29 bits per heavy atom. The van der Waals surface area contributed by atoms with E-state index in [9.17, 15) is 19.8 Å². The van der Waals surface area contributed by atoms with Crippen LogP contribution >= 0.6 is 0 Å². The Hall–Kier alpha value is -2.24. The molecule has 0 aromatic carbocycles. The number of rotatable bonds is 8. The Kier molecular flexibility index (Phi) is 6.02. The van der Waals surface area contributed by atoms with Crippen molar-refractivity contribution in [2.24, 2.45) is 11.7 Å². The van der Waals surface area contributed by atoms with Gasteiger partial charge in [-0.3, -0.25) is 0 Å². The summed E-state index contributed by atoms with van der Waals surface area (Å²) in [6.45, 7) is 5.62. The normalized spacial score (nSPS) is 18.4. The fraction of sp³-hybridized carbons (Fsp3) is 0.467. The van der Waals surface area contributed by atoms with Crippen LogP contribution in [0.15, 0.2) is 35.3 Å². The van der Waals surface area contributed by atoms with Crippen LogP contribution < -0.4 is 11.1 Å². The molecular weight excluding hydrogens is 272 g/mol. The van der Waals surface area contributed by atoms with Crippen LogP contribution in [0.1, 0.15) is 39.0 Å². The summed E-state index contributed by atoms with van der Waals surface area (Å²) in [5, 5.41) is 21.5. The van der Waals surface area contributed by atoms with Crippen molar-refractivity contribution in [1.82, 2.24) is 5.32 Å². The van der Waals surface area contributed by atoms with Gasteiger partial charge in [-0.2, -0.15) is 0 Å². The number of nitrogens with one attached hydrogen (secondary N) is 1. The van der Waals surface area contributed by atoms with Gasteiger partial charge in [0.05, 0.1) is 11.1 Å². The third-order valence-corrected chi connectivity index (χ3v) is 3.50. The Morgan fingerprint density at radius 3 is 2.38 bits per heavy atom. The molecule has 1 rings (SSSR count). The highest BCUT2D eigenvalue weighted by Crippen LogP contribution is 2.33. The first-order valence-electron chi connectivity index (χ1n) is 7.01. The van der Waals surface area contributed by atoms with Crippen LogP contribution in [0.5, 0.6) is 0 Å². The first-order chi connectivity index (χ1) is 9.93. The van der Waals surface area contributed by atoms with Crippen molar-refractivity contribution in [3.8, 4) is 0 Å². The smallest absolute Gasteiger partial charge is 0.335 e. The highest BCUT2D eigenvalue weighted by molar-refractivity contribution is 5.96. The molecule has 116 valence electrons. The predicted molar refractivity (Wildman–Crippen MR) is 79.1 cm³/mol. The van der Waals surface area contributed by atoms with Gasteiger partial charge in [-0.25, -0.2) is 9.59 Å². The molecule has 0 aliphatic carbocycles. The van der Waals surface area contributed by atoms with Gasteiger partial charge >= 0.3 is 11.9 Å². The highest BCUT2D eigenvalue weighted by atomic mass is 16.4. The van der Waals surface area contributed by atoms with Gasteiger partial charge in [-0.1, -0.05) is 32.3 Å². The number of unbranched alkanes of at least 4 members (excludes halogenated alkanes) is 2. The van der Waals surface area contributed by atoms with E-state index in [1.165, 1.54) is 0 Å². The molecule has 0 bridgehead atoms. The maximum atomic E-state index is 11.6. The molecule has 1 atom stereocenters. The van der Waals surface area contributed by atoms with E-state index < -0.39 is 17.9 Å². The molecule has 0 radical (unpaired) electrons. The molecule has 21 heavy (non-hydrogen) atoms. The maximum absolute atomic E-state index is 11.6. The Morgan fingerprint density at radius 2 is 1.90 bits per heavy atom. The summed E-state index contributed by atoms with van der Waals surface area (Å²) in [5.74, 6) is -2.97. The zero-order valence-electron chi connectivity index (χ0n) is 12.2. The molecule has 0 aromatic rings. The van der Waals surface area contributed by atoms with Crippen LogP contribution in [-0.4, -0.2) is 22.2 Å². The molecule has 0 spiro atoms. The molecule has 0 saturated heterocycles. The van der Waals surface area contributed by atoms with E-state index in [1.54, 1.807) is 6.08 Å². The second kappa shape index (κ2) is 7.52. The van der Waals surface area contributed by atoms with E-state index in [0.29, 0.717) is 18.5 Å². The molecule has 1 heterocycles. The molecule has 0 saturated carbocycles. The van der Waals surface area contributed by atoms with Gasteiger partial charge in [0, 0.05) is 18.0 Å². The Bertz CT molecular complexity index is 506. The van der Waals surface area contributed by atoms with Gasteiger partial charge in [0.2, 0.25) is 0 Å². The third kappa shape index (κ3) is 3.87. The van der Waals surface area contributed by atoms with E-state index in [0.717, 1.165) is 19.3 Å². The van der Waals surface area contributed by atoms with E-state index in [2.05, 4.69) is 11.9 Å².